The monoisotopic (exact) mass is 862 g/mol. The highest BCUT2D eigenvalue weighted by molar-refractivity contribution is 6.22. The first kappa shape index (κ1) is 46.6. The van der Waals surface area contributed by atoms with Gasteiger partial charge in [-0.15, -0.1) is 0 Å². The van der Waals surface area contributed by atoms with Crippen LogP contribution in [0.1, 0.15) is 124 Å². The molecule has 5 aromatic carbocycles. The first-order valence-corrected chi connectivity index (χ1v) is 15.9. The van der Waals surface area contributed by atoms with Crippen LogP contribution in [0.2, 0.25) is 0 Å². The summed E-state index contributed by atoms with van der Waals surface area (Å²) in [6.07, 6.45) is 0. The van der Waals surface area contributed by atoms with E-state index in [2.05, 4.69) is 0 Å². The summed E-state index contributed by atoms with van der Waals surface area (Å²) in [6.45, 7) is 0. The van der Waals surface area contributed by atoms with Crippen LogP contribution in [0.4, 0.5) is 0 Å². The molecule has 5 aromatic rings. The lowest BCUT2D eigenvalue weighted by Crippen LogP contribution is -2.19. The Labute approximate surface area is 339 Å². The Morgan fingerprint density at radius 3 is 0.919 bits per heavy atom. The number of fused-ring (bicyclic) bond motifs is 2. The molecule has 0 bridgehead atoms. The number of hydrogen-bond acceptors (Lipinski definition) is 12. The van der Waals surface area contributed by atoms with Gasteiger partial charge in [0.1, 0.15) is 0 Å². The van der Waals surface area contributed by atoms with Gasteiger partial charge in [0.2, 0.25) is 0 Å². The van der Waals surface area contributed by atoms with E-state index in [1.165, 1.54) is 30.3 Å². The zero-order valence-electron chi connectivity index (χ0n) is 30.0. The predicted octanol–water partition coefficient (Wildman–Crippen LogP) is 3.74. The van der Waals surface area contributed by atoms with Crippen LogP contribution < -0.4 is 0 Å². The zero-order valence-corrected chi connectivity index (χ0v) is 30.0. The molecule has 24 nitrogen and oxygen atoms in total. The van der Waals surface area contributed by atoms with Crippen molar-refractivity contribution in [1.82, 2.24) is 0 Å². The van der Waals surface area contributed by atoms with Gasteiger partial charge in [0.25, 0.3) is 0 Å². The maximum Gasteiger partial charge on any atom is 0.337 e. The topological polar surface area (TPSA) is 448 Å². The van der Waals surface area contributed by atoms with Crippen molar-refractivity contribution in [2.45, 2.75) is 0 Å². The number of carboxylic acid groups (broad SMARTS) is 12. The van der Waals surface area contributed by atoms with Crippen LogP contribution in [-0.2, 0) is 0 Å². The molecule has 0 aliphatic rings. The molecule has 0 aliphatic carbocycles. The molecule has 0 spiro atoms. The number of rotatable bonds is 12. The molecule has 0 fully saturated rings. The van der Waals surface area contributed by atoms with Crippen LogP contribution in [0.3, 0.4) is 0 Å². The van der Waals surface area contributed by atoms with Gasteiger partial charge >= 0.3 is 71.6 Å². The molecule has 62 heavy (non-hydrogen) atoms. The van der Waals surface area contributed by atoms with Crippen LogP contribution in [-0.4, -0.2) is 133 Å². The van der Waals surface area contributed by atoms with Crippen molar-refractivity contribution >= 4 is 93.2 Å². The largest absolute Gasteiger partial charge is 0.478 e. The summed E-state index contributed by atoms with van der Waals surface area (Å²) in [5, 5.41) is 107. The molecular formula is C38H22O24. The number of benzene rings is 5. The first-order valence-electron chi connectivity index (χ1n) is 15.9. The SMILES string of the molecule is O=C(O)c1cc(C(=O)O)c2c(C(=O)O)cccc2c1C(=O)O.O=C(O)c1cc2c(C(=O)O)cccc2c(C(=O)O)c1C(=O)O.O=C(O)c1ccc(C(=O)O)c(C(=O)O)c1C(=O)O. The third kappa shape index (κ3) is 9.18. The Bertz CT molecular complexity index is 2830. The Morgan fingerprint density at radius 1 is 0.242 bits per heavy atom. The van der Waals surface area contributed by atoms with Gasteiger partial charge in [-0.05, 0) is 52.6 Å². The van der Waals surface area contributed by atoms with Crippen LogP contribution >= 0.6 is 0 Å². The summed E-state index contributed by atoms with van der Waals surface area (Å²) in [7, 11) is 0. The van der Waals surface area contributed by atoms with E-state index in [1.54, 1.807) is 0 Å². The van der Waals surface area contributed by atoms with Crippen LogP contribution in [0.15, 0.2) is 60.7 Å². The molecule has 5 rings (SSSR count). The first-order chi connectivity index (χ1) is 28.8. The smallest absolute Gasteiger partial charge is 0.337 e. The standard InChI is InChI=1S/2C14H8O8.C10H6O8/c15-11(16)6-3-1-2-5-9(6)7(12(17)18)4-8(13(19)20)10(5)14(21)22;15-11(16)6-3-1-2-5-7(6)4-8(12(17)18)10(14(21)22)9(5)13(19)20;11-7(12)3-1-2-4(8(13)14)6(10(17)18)5(3)9(15)16/h2*1-4H,(H,15,16)(H,17,18)(H,19,20)(H,21,22);1-2H,(H,11,12)(H,13,14)(H,15,16)(H,17,18). The lowest BCUT2D eigenvalue weighted by atomic mass is 9.91. The Balaban J connectivity index is 0.000000249. The van der Waals surface area contributed by atoms with Crippen molar-refractivity contribution in [2.75, 3.05) is 0 Å². The molecule has 0 amide bonds. The van der Waals surface area contributed by atoms with Gasteiger partial charge < -0.3 is 61.3 Å². The van der Waals surface area contributed by atoms with Crippen molar-refractivity contribution < 1.29 is 119 Å². The normalized spacial score (nSPS) is 10.2. The second kappa shape index (κ2) is 18.2. The highest BCUT2D eigenvalue weighted by Gasteiger charge is 2.31. The number of hydrogen-bond donors (Lipinski definition) is 12. The van der Waals surface area contributed by atoms with Gasteiger partial charge in [-0.25, -0.2) is 57.5 Å². The van der Waals surface area contributed by atoms with E-state index in [-0.39, 0.29) is 27.1 Å². The van der Waals surface area contributed by atoms with Gasteiger partial charge in [-0.2, -0.15) is 0 Å². The number of carbonyl (C=O) groups is 12. The summed E-state index contributed by atoms with van der Waals surface area (Å²) < 4.78 is 0. The minimum Gasteiger partial charge on any atom is -0.478 e. The van der Waals surface area contributed by atoms with E-state index in [4.69, 9.17) is 46.0 Å². The summed E-state index contributed by atoms with van der Waals surface area (Å²) >= 11 is 0. The van der Waals surface area contributed by atoms with Crippen molar-refractivity contribution in [3.8, 4) is 0 Å². The summed E-state index contributed by atoms with van der Waals surface area (Å²) in [4.78, 5) is 134. The molecule has 0 aromatic heterocycles. The highest BCUT2D eigenvalue weighted by atomic mass is 16.4. The molecule has 0 unspecified atom stereocenters. The molecule has 24 heteroatoms. The third-order valence-corrected chi connectivity index (χ3v) is 8.23. The van der Waals surface area contributed by atoms with E-state index in [1.807, 2.05) is 0 Å². The van der Waals surface area contributed by atoms with Gasteiger partial charge in [-0.3, -0.25) is 0 Å². The fourth-order valence-electron chi connectivity index (χ4n) is 5.86. The minimum atomic E-state index is -1.83. The van der Waals surface area contributed by atoms with Crippen LogP contribution in [0, 0.1) is 0 Å². The number of carboxylic acids is 12. The molecule has 0 saturated carbocycles. The average Bonchev–Trinajstić information content (AvgIpc) is 3.17. The maximum absolute atomic E-state index is 11.4. The molecular weight excluding hydrogens is 840 g/mol. The molecule has 0 saturated heterocycles. The van der Waals surface area contributed by atoms with E-state index in [0.29, 0.717) is 6.07 Å². The second-order valence-electron chi connectivity index (χ2n) is 11.7. The predicted molar refractivity (Wildman–Crippen MR) is 198 cm³/mol. The molecule has 0 heterocycles. The lowest BCUT2D eigenvalue weighted by Gasteiger charge is -2.12. The molecule has 318 valence electrons. The average molecular weight is 863 g/mol. The van der Waals surface area contributed by atoms with E-state index in [0.717, 1.165) is 24.3 Å². The van der Waals surface area contributed by atoms with E-state index < -0.39 is 133 Å². The molecule has 0 aliphatic heterocycles. The fourth-order valence-corrected chi connectivity index (χ4v) is 5.86. The Kier molecular flexibility index (Phi) is 13.7. The maximum atomic E-state index is 11.4. The quantitative estimate of drug-likeness (QED) is 0.0849. The molecule has 0 atom stereocenters. The van der Waals surface area contributed by atoms with Crippen molar-refractivity contribution in [3.63, 3.8) is 0 Å². The van der Waals surface area contributed by atoms with Crippen molar-refractivity contribution in [3.05, 3.63) is 127 Å². The fraction of sp³-hybridized carbons (Fsp3) is 0. The third-order valence-electron chi connectivity index (χ3n) is 8.23. The summed E-state index contributed by atoms with van der Waals surface area (Å²) in [5.74, 6) is -19.6. The zero-order chi connectivity index (χ0) is 47.2. The van der Waals surface area contributed by atoms with Crippen LogP contribution in [0.25, 0.3) is 21.5 Å². The minimum absolute atomic E-state index is 0.158. The van der Waals surface area contributed by atoms with Crippen molar-refractivity contribution in [1.29, 1.82) is 0 Å². The Morgan fingerprint density at radius 2 is 0.565 bits per heavy atom. The molecule has 12 N–H and O–H groups in total. The van der Waals surface area contributed by atoms with E-state index in [9.17, 15) is 72.9 Å². The van der Waals surface area contributed by atoms with E-state index >= 15 is 0 Å². The summed E-state index contributed by atoms with van der Waals surface area (Å²) in [6, 6.07) is 10.1. The van der Waals surface area contributed by atoms with Gasteiger partial charge in [0, 0.05) is 5.39 Å². The van der Waals surface area contributed by atoms with Crippen molar-refractivity contribution in [2.24, 2.45) is 0 Å². The Hall–Kier alpha value is -9.74. The van der Waals surface area contributed by atoms with Gasteiger partial charge in [0.05, 0.1) is 66.8 Å². The summed E-state index contributed by atoms with van der Waals surface area (Å²) in [5.41, 5.74) is -8.84. The molecule has 0 radical (unpaired) electrons. The van der Waals surface area contributed by atoms with Gasteiger partial charge in [0.15, 0.2) is 0 Å². The highest BCUT2D eigenvalue weighted by Crippen LogP contribution is 2.31. The second-order valence-corrected chi connectivity index (χ2v) is 11.7. The van der Waals surface area contributed by atoms with Crippen LogP contribution in [0.5, 0.6) is 0 Å². The van der Waals surface area contributed by atoms with Gasteiger partial charge in [-0.1, -0.05) is 24.3 Å². The lowest BCUT2D eigenvalue weighted by molar-refractivity contribution is 0.0619. The number of aromatic carboxylic acids is 12.